The SMILES string of the molecule is COC(=O)[C@H](Cc1ccccc1OC)NC(=O)[C@H](OC)c1ccccc1. The predicted octanol–water partition coefficient (Wildman–Crippen LogP) is 2.28. The average molecular weight is 357 g/mol. The summed E-state index contributed by atoms with van der Waals surface area (Å²) in [6.07, 6.45) is -0.575. The van der Waals surface area contributed by atoms with Gasteiger partial charge in [-0.25, -0.2) is 4.79 Å². The van der Waals surface area contributed by atoms with Gasteiger partial charge in [0.15, 0.2) is 6.10 Å². The van der Waals surface area contributed by atoms with Crippen molar-refractivity contribution in [2.75, 3.05) is 21.3 Å². The minimum atomic E-state index is -0.856. The van der Waals surface area contributed by atoms with Gasteiger partial charge >= 0.3 is 5.97 Å². The number of esters is 1. The monoisotopic (exact) mass is 357 g/mol. The molecule has 1 amide bonds. The van der Waals surface area contributed by atoms with Gasteiger partial charge in [-0.1, -0.05) is 48.5 Å². The molecule has 0 aliphatic carbocycles. The topological polar surface area (TPSA) is 73.9 Å². The molecule has 0 spiro atoms. The molecule has 0 aliphatic rings. The molecule has 6 nitrogen and oxygen atoms in total. The number of amides is 1. The second kappa shape index (κ2) is 9.58. The maximum Gasteiger partial charge on any atom is 0.328 e. The van der Waals surface area contributed by atoms with Crippen molar-refractivity contribution in [1.29, 1.82) is 0 Å². The van der Waals surface area contributed by atoms with E-state index in [9.17, 15) is 9.59 Å². The molecule has 0 aromatic heterocycles. The van der Waals surface area contributed by atoms with Crippen LogP contribution in [0, 0.1) is 0 Å². The van der Waals surface area contributed by atoms with Crippen LogP contribution < -0.4 is 10.1 Å². The Morgan fingerprint density at radius 1 is 0.962 bits per heavy atom. The molecule has 0 aliphatic heterocycles. The molecule has 26 heavy (non-hydrogen) atoms. The van der Waals surface area contributed by atoms with Crippen LogP contribution in [0.15, 0.2) is 54.6 Å². The third-order valence-corrected chi connectivity index (χ3v) is 3.99. The van der Waals surface area contributed by atoms with E-state index in [0.717, 1.165) is 5.56 Å². The minimum absolute atomic E-state index is 0.244. The van der Waals surface area contributed by atoms with Crippen LogP contribution in [0.1, 0.15) is 17.2 Å². The molecule has 1 N–H and O–H groups in total. The van der Waals surface area contributed by atoms with E-state index in [1.54, 1.807) is 25.3 Å². The normalized spacial score (nSPS) is 12.7. The number of hydrogen-bond donors (Lipinski definition) is 1. The maximum atomic E-state index is 12.7. The van der Waals surface area contributed by atoms with E-state index in [4.69, 9.17) is 14.2 Å². The highest BCUT2D eigenvalue weighted by Crippen LogP contribution is 2.21. The Balaban J connectivity index is 2.19. The van der Waals surface area contributed by atoms with Gasteiger partial charge in [-0.3, -0.25) is 4.79 Å². The number of nitrogens with one attached hydrogen (secondary N) is 1. The number of carbonyl (C=O) groups is 2. The van der Waals surface area contributed by atoms with E-state index in [0.29, 0.717) is 11.3 Å². The van der Waals surface area contributed by atoms with Crippen molar-refractivity contribution in [1.82, 2.24) is 5.32 Å². The lowest BCUT2D eigenvalue weighted by molar-refractivity contribution is -0.146. The Labute approximate surface area is 153 Å². The van der Waals surface area contributed by atoms with Gasteiger partial charge in [0.25, 0.3) is 5.91 Å². The number of methoxy groups -OCH3 is 3. The molecule has 138 valence electrons. The van der Waals surface area contributed by atoms with Gasteiger partial charge in [0.1, 0.15) is 11.8 Å². The molecule has 0 saturated heterocycles. The molecule has 0 unspecified atom stereocenters. The average Bonchev–Trinajstić information content (AvgIpc) is 2.68. The number of ether oxygens (including phenoxy) is 3. The summed E-state index contributed by atoms with van der Waals surface area (Å²) in [6, 6.07) is 15.5. The van der Waals surface area contributed by atoms with Crippen molar-refractivity contribution in [2.24, 2.45) is 0 Å². The fourth-order valence-electron chi connectivity index (χ4n) is 2.70. The summed E-state index contributed by atoms with van der Waals surface area (Å²) in [5.41, 5.74) is 1.49. The summed E-state index contributed by atoms with van der Waals surface area (Å²) in [5, 5.41) is 2.72. The second-order valence-electron chi connectivity index (χ2n) is 5.63. The molecule has 0 fully saturated rings. The predicted molar refractivity (Wildman–Crippen MR) is 96.8 cm³/mol. The smallest absolute Gasteiger partial charge is 0.328 e. The highest BCUT2D eigenvalue weighted by molar-refractivity contribution is 5.88. The zero-order chi connectivity index (χ0) is 18.9. The molecule has 2 rings (SSSR count). The third-order valence-electron chi connectivity index (χ3n) is 3.99. The second-order valence-corrected chi connectivity index (χ2v) is 5.63. The number of benzene rings is 2. The largest absolute Gasteiger partial charge is 0.496 e. The van der Waals surface area contributed by atoms with E-state index in [2.05, 4.69) is 5.32 Å². The lowest BCUT2D eigenvalue weighted by Crippen LogP contribution is -2.45. The van der Waals surface area contributed by atoms with E-state index < -0.39 is 24.0 Å². The van der Waals surface area contributed by atoms with Crippen molar-refractivity contribution in [3.63, 3.8) is 0 Å². The summed E-state index contributed by atoms with van der Waals surface area (Å²) >= 11 is 0. The van der Waals surface area contributed by atoms with Crippen LogP contribution >= 0.6 is 0 Å². The van der Waals surface area contributed by atoms with Gasteiger partial charge in [0, 0.05) is 13.5 Å². The van der Waals surface area contributed by atoms with Crippen molar-refractivity contribution >= 4 is 11.9 Å². The van der Waals surface area contributed by atoms with E-state index >= 15 is 0 Å². The molecule has 2 aromatic rings. The highest BCUT2D eigenvalue weighted by Gasteiger charge is 2.28. The van der Waals surface area contributed by atoms with Gasteiger partial charge < -0.3 is 19.5 Å². The first-order valence-corrected chi connectivity index (χ1v) is 8.18. The van der Waals surface area contributed by atoms with Crippen LogP contribution in [-0.4, -0.2) is 39.2 Å². The van der Waals surface area contributed by atoms with E-state index in [1.807, 2.05) is 36.4 Å². The number of hydrogen-bond acceptors (Lipinski definition) is 5. The van der Waals surface area contributed by atoms with Gasteiger partial charge in [-0.05, 0) is 17.2 Å². The lowest BCUT2D eigenvalue weighted by atomic mass is 10.0. The summed E-state index contributed by atoms with van der Waals surface area (Å²) < 4.78 is 15.5. The van der Waals surface area contributed by atoms with Gasteiger partial charge in [0.05, 0.1) is 14.2 Å². The summed E-state index contributed by atoms with van der Waals surface area (Å²) in [5.74, 6) is -0.307. The molecule has 6 heteroatoms. The van der Waals surface area contributed by atoms with Crippen LogP contribution in [0.4, 0.5) is 0 Å². The zero-order valence-electron chi connectivity index (χ0n) is 15.1. The fraction of sp³-hybridized carbons (Fsp3) is 0.300. The van der Waals surface area contributed by atoms with Crippen molar-refractivity contribution in [3.8, 4) is 5.75 Å². The molecular formula is C20H23NO5. The minimum Gasteiger partial charge on any atom is -0.496 e. The van der Waals surface area contributed by atoms with Crippen molar-refractivity contribution in [3.05, 3.63) is 65.7 Å². The zero-order valence-corrected chi connectivity index (χ0v) is 15.1. The maximum absolute atomic E-state index is 12.7. The molecule has 0 saturated carbocycles. The summed E-state index contributed by atoms with van der Waals surface area (Å²) in [7, 11) is 4.29. The number of para-hydroxylation sites is 1. The van der Waals surface area contributed by atoms with Gasteiger partial charge in [-0.2, -0.15) is 0 Å². The Morgan fingerprint density at radius 2 is 1.62 bits per heavy atom. The Hall–Kier alpha value is -2.86. The highest BCUT2D eigenvalue weighted by atomic mass is 16.5. The number of rotatable bonds is 8. The van der Waals surface area contributed by atoms with Crippen LogP contribution in [-0.2, 0) is 25.5 Å². The summed E-state index contributed by atoms with van der Waals surface area (Å²) in [4.78, 5) is 24.9. The Morgan fingerprint density at radius 3 is 2.23 bits per heavy atom. The molecular weight excluding hydrogens is 334 g/mol. The quantitative estimate of drug-likeness (QED) is 0.734. The van der Waals surface area contributed by atoms with Crippen LogP contribution in [0.5, 0.6) is 5.75 Å². The summed E-state index contributed by atoms with van der Waals surface area (Å²) in [6.45, 7) is 0. The Kier molecular flexibility index (Phi) is 7.17. The van der Waals surface area contributed by atoms with Gasteiger partial charge in [-0.15, -0.1) is 0 Å². The van der Waals surface area contributed by atoms with E-state index in [1.165, 1.54) is 14.2 Å². The van der Waals surface area contributed by atoms with Crippen LogP contribution in [0.25, 0.3) is 0 Å². The number of carbonyl (C=O) groups excluding carboxylic acids is 2. The first kappa shape index (κ1) is 19.5. The van der Waals surface area contributed by atoms with Crippen molar-refractivity contribution in [2.45, 2.75) is 18.6 Å². The van der Waals surface area contributed by atoms with Crippen LogP contribution in [0.2, 0.25) is 0 Å². The van der Waals surface area contributed by atoms with Crippen LogP contribution in [0.3, 0.4) is 0 Å². The molecule has 0 bridgehead atoms. The molecule has 0 heterocycles. The first-order chi connectivity index (χ1) is 12.6. The first-order valence-electron chi connectivity index (χ1n) is 8.18. The lowest BCUT2D eigenvalue weighted by Gasteiger charge is -2.21. The molecule has 2 aromatic carbocycles. The third kappa shape index (κ3) is 4.83. The van der Waals surface area contributed by atoms with Gasteiger partial charge in [0.2, 0.25) is 0 Å². The molecule has 0 radical (unpaired) electrons. The standard InChI is InChI=1S/C20H23NO5/c1-24-17-12-8-7-11-15(17)13-16(20(23)26-3)21-19(22)18(25-2)14-9-5-4-6-10-14/h4-12,16,18H,13H2,1-3H3,(H,21,22)/t16-,18+/m0/s1. The fourth-order valence-corrected chi connectivity index (χ4v) is 2.70. The van der Waals surface area contributed by atoms with E-state index in [-0.39, 0.29) is 6.42 Å². The van der Waals surface area contributed by atoms with Crippen molar-refractivity contribution < 1.29 is 23.8 Å². The molecule has 2 atom stereocenters. The Bertz CT molecular complexity index is 732.